The highest BCUT2D eigenvalue weighted by Crippen LogP contribution is 2.31. The highest BCUT2D eigenvalue weighted by atomic mass is 16.5. The molecule has 138 valence electrons. The molecule has 0 amide bonds. The van der Waals surface area contributed by atoms with Crippen molar-refractivity contribution in [2.75, 3.05) is 13.2 Å². The Balaban J connectivity index is 5.12. The first-order valence-corrected chi connectivity index (χ1v) is 8.35. The number of carboxylic acid groups (broad SMARTS) is 2. The molecule has 0 rings (SSSR count). The van der Waals surface area contributed by atoms with Gasteiger partial charge in [-0.15, -0.1) is 0 Å². The van der Waals surface area contributed by atoms with Gasteiger partial charge in [-0.25, -0.2) is 14.4 Å². The molecule has 7 heteroatoms. The van der Waals surface area contributed by atoms with Gasteiger partial charge in [0.2, 0.25) is 0 Å². The number of hydrogen-bond donors (Lipinski definition) is 2. The van der Waals surface area contributed by atoms with E-state index in [4.69, 9.17) is 14.6 Å². The van der Waals surface area contributed by atoms with Crippen molar-refractivity contribution < 1.29 is 34.1 Å². The van der Waals surface area contributed by atoms with E-state index in [1.54, 1.807) is 19.8 Å². The third kappa shape index (κ3) is 6.43. The van der Waals surface area contributed by atoms with E-state index >= 15 is 0 Å². The lowest BCUT2D eigenvalue weighted by molar-refractivity contribution is -0.161. The molecule has 7 nitrogen and oxygen atoms in total. The van der Waals surface area contributed by atoms with E-state index in [9.17, 15) is 19.5 Å². The predicted octanol–water partition coefficient (Wildman–Crippen LogP) is 2.45. The molecule has 0 spiro atoms. The summed E-state index contributed by atoms with van der Waals surface area (Å²) < 4.78 is 10.6. The zero-order valence-corrected chi connectivity index (χ0v) is 14.7. The van der Waals surface area contributed by atoms with Crippen molar-refractivity contribution >= 4 is 17.9 Å². The van der Waals surface area contributed by atoms with Gasteiger partial charge in [0, 0.05) is 13.2 Å². The van der Waals surface area contributed by atoms with Crippen LogP contribution in [0.1, 0.15) is 59.3 Å². The van der Waals surface area contributed by atoms with Crippen LogP contribution in [0.15, 0.2) is 5.57 Å². The van der Waals surface area contributed by atoms with Gasteiger partial charge in [-0.3, -0.25) is 0 Å². The Kier molecular flexibility index (Phi) is 11.0. The van der Waals surface area contributed by atoms with Gasteiger partial charge in [-0.2, -0.15) is 0 Å². The van der Waals surface area contributed by atoms with E-state index in [0.29, 0.717) is 12.8 Å². The molecule has 24 heavy (non-hydrogen) atoms. The minimum Gasteiger partial charge on any atom is -0.479 e. The molecule has 0 heterocycles. The van der Waals surface area contributed by atoms with E-state index in [0.717, 1.165) is 6.42 Å². The van der Waals surface area contributed by atoms with E-state index in [-0.39, 0.29) is 38.0 Å². The molecule has 0 aromatic carbocycles. The highest BCUT2D eigenvalue weighted by molar-refractivity contribution is 5.85. The molecule has 0 aliphatic heterocycles. The number of unbranched alkanes of at least 4 members (excludes halogenated alkanes) is 1. The molecular formula is C17H28O7. The normalized spacial score (nSPS) is 14.5. The quantitative estimate of drug-likeness (QED) is 0.466. The van der Waals surface area contributed by atoms with Gasteiger partial charge in [0.15, 0.2) is 11.7 Å². The fourth-order valence-corrected chi connectivity index (χ4v) is 2.56. The molecule has 0 aliphatic carbocycles. The first-order chi connectivity index (χ1) is 11.4. The van der Waals surface area contributed by atoms with Crippen molar-refractivity contribution in [3.8, 4) is 0 Å². The second-order valence-corrected chi connectivity index (χ2v) is 5.42. The fourth-order valence-electron chi connectivity index (χ4n) is 2.56. The second-order valence-electron chi connectivity index (χ2n) is 5.42. The smallest absolute Gasteiger partial charge is 0.341 e. The molecule has 0 saturated carbocycles. The average Bonchev–Trinajstić information content (AvgIpc) is 2.54. The number of ether oxygens (including phenoxy) is 2. The zero-order valence-electron chi connectivity index (χ0n) is 14.7. The Morgan fingerprint density at radius 3 is 2.21 bits per heavy atom. The lowest BCUT2D eigenvalue weighted by Gasteiger charge is -2.30. The summed E-state index contributed by atoms with van der Waals surface area (Å²) in [7, 11) is 0. The molecule has 2 atom stereocenters. The van der Waals surface area contributed by atoms with Crippen LogP contribution in [0.4, 0.5) is 0 Å². The van der Waals surface area contributed by atoms with Crippen molar-refractivity contribution in [2.24, 2.45) is 0 Å². The minimum absolute atomic E-state index is 0.0194. The van der Waals surface area contributed by atoms with Crippen molar-refractivity contribution in [1.29, 1.82) is 0 Å². The molecule has 2 N–H and O–H groups in total. The van der Waals surface area contributed by atoms with Crippen LogP contribution < -0.4 is 0 Å². The van der Waals surface area contributed by atoms with Crippen LogP contribution in [0.3, 0.4) is 0 Å². The first-order valence-electron chi connectivity index (χ1n) is 8.35. The summed E-state index contributed by atoms with van der Waals surface area (Å²) in [6, 6.07) is 0. The van der Waals surface area contributed by atoms with E-state index in [1.165, 1.54) is 0 Å². The number of carbonyl (C=O) groups excluding carboxylic acids is 1. The summed E-state index contributed by atoms with van der Waals surface area (Å²) in [5.74, 6) is -0.562. The Hall–Kier alpha value is -1.69. The molecule has 0 aromatic rings. The van der Waals surface area contributed by atoms with E-state index in [1.807, 2.05) is 6.92 Å². The summed E-state index contributed by atoms with van der Waals surface area (Å²) in [6.07, 6.45) is 1.17. The summed E-state index contributed by atoms with van der Waals surface area (Å²) >= 11 is 0. The van der Waals surface area contributed by atoms with E-state index < -0.39 is 23.6 Å². The van der Waals surface area contributed by atoms with Crippen LogP contribution in [-0.4, -0.2) is 53.0 Å². The Morgan fingerprint density at radius 2 is 1.79 bits per heavy atom. The van der Waals surface area contributed by atoms with Crippen LogP contribution in [0, 0.1) is 0 Å². The minimum atomic E-state index is -1.68. The van der Waals surface area contributed by atoms with Gasteiger partial charge in [-0.1, -0.05) is 13.3 Å². The summed E-state index contributed by atoms with van der Waals surface area (Å²) in [6.45, 7) is 5.70. The largest absolute Gasteiger partial charge is 0.479 e. The average molecular weight is 344 g/mol. The Labute approximate surface area is 142 Å². The number of rotatable bonds is 14. The topological polar surface area (TPSA) is 110 Å². The number of carboxylic acids is 2. The Morgan fingerprint density at radius 1 is 1.12 bits per heavy atom. The molecule has 0 radical (unpaired) electrons. The lowest BCUT2D eigenvalue weighted by Crippen LogP contribution is -2.44. The predicted molar refractivity (Wildman–Crippen MR) is 87.6 cm³/mol. The zero-order chi connectivity index (χ0) is 18.6. The lowest BCUT2D eigenvalue weighted by atomic mass is 9.85. The third-order valence-electron chi connectivity index (χ3n) is 3.77. The van der Waals surface area contributed by atoms with Gasteiger partial charge in [-0.05, 0) is 46.0 Å². The maximum Gasteiger partial charge on any atom is 0.341 e. The Bertz CT molecular complexity index is 454. The van der Waals surface area contributed by atoms with Crippen molar-refractivity contribution in [3.63, 3.8) is 0 Å². The maximum absolute atomic E-state index is 11.8. The molecule has 0 bridgehead atoms. The molecule has 0 aliphatic rings. The summed E-state index contributed by atoms with van der Waals surface area (Å²) in [5.41, 5.74) is -1.66. The van der Waals surface area contributed by atoms with Gasteiger partial charge in [0.1, 0.15) is 5.94 Å². The van der Waals surface area contributed by atoms with Crippen molar-refractivity contribution in [1.82, 2.24) is 0 Å². The SMILES string of the molecule is CCCCC(OCC)(C(=O)O)C(=C=O)CCCC(OCC)C(=O)O. The highest BCUT2D eigenvalue weighted by Gasteiger charge is 2.43. The van der Waals surface area contributed by atoms with Gasteiger partial charge >= 0.3 is 11.9 Å². The number of hydrogen-bond acceptors (Lipinski definition) is 5. The molecule has 0 fully saturated rings. The van der Waals surface area contributed by atoms with Crippen LogP contribution >= 0.6 is 0 Å². The summed E-state index contributed by atoms with van der Waals surface area (Å²) in [5, 5.41) is 18.7. The van der Waals surface area contributed by atoms with Gasteiger partial charge in [0.05, 0.1) is 5.57 Å². The van der Waals surface area contributed by atoms with Crippen molar-refractivity contribution in [2.45, 2.75) is 71.0 Å². The van der Waals surface area contributed by atoms with Crippen molar-refractivity contribution in [3.05, 3.63) is 5.57 Å². The standard InChI is InChI=1S/C17H28O7/c1-4-7-11-17(16(21)22,24-6-3)13(12-18)9-8-10-14(15(19)20)23-5-2/h14H,4-11H2,1-3H3,(H,19,20)(H,21,22). The van der Waals surface area contributed by atoms with E-state index in [2.05, 4.69) is 0 Å². The van der Waals surface area contributed by atoms with Crippen LogP contribution in [0.2, 0.25) is 0 Å². The second kappa shape index (κ2) is 11.8. The van der Waals surface area contributed by atoms with Crippen LogP contribution in [0.5, 0.6) is 0 Å². The molecule has 2 unspecified atom stereocenters. The summed E-state index contributed by atoms with van der Waals surface area (Å²) in [4.78, 5) is 34.2. The van der Waals surface area contributed by atoms with Crippen LogP contribution in [-0.2, 0) is 23.9 Å². The van der Waals surface area contributed by atoms with Gasteiger partial charge < -0.3 is 19.7 Å². The number of aliphatic carboxylic acids is 2. The molecular weight excluding hydrogens is 316 g/mol. The monoisotopic (exact) mass is 344 g/mol. The third-order valence-corrected chi connectivity index (χ3v) is 3.77. The first kappa shape index (κ1) is 22.3. The fraction of sp³-hybridized carbons (Fsp3) is 0.765. The number of carbonyl (C=O) groups is 2. The van der Waals surface area contributed by atoms with Gasteiger partial charge in [0.25, 0.3) is 0 Å². The molecule has 0 saturated heterocycles. The van der Waals surface area contributed by atoms with Crippen LogP contribution in [0.25, 0.3) is 0 Å². The maximum atomic E-state index is 11.8. The molecule has 0 aromatic heterocycles.